The Bertz CT molecular complexity index is 1650. The van der Waals surface area contributed by atoms with E-state index >= 15 is 0 Å². The number of carbonyl (C=O) groups is 4. The molecule has 0 aliphatic carbocycles. The monoisotopic (exact) mass is 628 g/mol. The lowest BCUT2D eigenvalue weighted by molar-refractivity contribution is -0.144. The van der Waals surface area contributed by atoms with Crippen molar-refractivity contribution in [3.05, 3.63) is 83.8 Å². The van der Waals surface area contributed by atoms with Gasteiger partial charge in [-0.3, -0.25) is 19.8 Å². The van der Waals surface area contributed by atoms with Crippen LogP contribution >= 0.6 is 0 Å². The Morgan fingerprint density at radius 2 is 1.70 bits per heavy atom. The van der Waals surface area contributed by atoms with E-state index in [0.717, 1.165) is 36.9 Å². The fraction of sp³-hybridized carbons (Fsp3) is 0.353. The molecular weight excluding hydrogens is 588 g/mol. The van der Waals surface area contributed by atoms with Crippen molar-refractivity contribution in [1.29, 1.82) is 0 Å². The molecule has 2 aromatic carbocycles. The fourth-order valence-electron chi connectivity index (χ4n) is 4.84. The Morgan fingerprint density at radius 3 is 2.39 bits per heavy atom. The molecule has 0 spiro atoms. The van der Waals surface area contributed by atoms with Gasteiger partial charge >= 0.3 is 12.1 Å². The average molecular weight is 629 g/mol. The Labute approximate surface area is 268 Å². The molecule has 242 valence electrons. The van der Waals surface area contributed by atoms with E-state index in [-0.39, 0.29) is 13.2 Å². The average Bonchev–Trinajstić information content (AvgIpc) is 3.38. The Hall–Kier alpha value is -5.26. The van der Waals surface area contributed by atoms with Crippen LogP contribution in [0.3, 0.4) is 0 Å². The summed E-state index contributed by atoms with van der Waals surface area (Å²) in [6, 6.07) is 16.2. The number of fused-ring (bicyclic) bond motifs is 1. The number of benzene rings is 2. The summed E-state index contributed by atoms with van der Waals surface area (Å²) >= 11 is 0. The summed E-state index contributed by atoms with van der Waals surface area (Å²) in [5.74, 6) is -0.428. The maximum absolute atomic E-state index is 13.7. The summed E-state index contributed by atoms with van der Waals surface area (Å²) in [5.41, 5.74) is 2.85. The zero-order valence-electron chi connectivity index (χ0n) is 26.6. The number of hydrogen-bond donors (Lipinski definition) is 2. The summed E-state index contributed by atoms with van der Waals surface area (Å²) in [7, 11) is 1.88. The molecule has 2 aromatic heterocycles. The minimum atomic E-state index is -0.895. The van der Waals surface area contributed by atoms with Crippen LogP contribution in [-0.4, -0.2) is 57.7 Å². The molecule has 4 rings (SSSR count). The number of anilines is 2. The third kappa shape index (κ3) is 8.46. The van der Waals surface area contributed by atoms with Crippen LogP contribution in [0.5, 0.6) is 0 Å². The Morgan fingerprint density at radius 1 is 0.935 bits per heavy atom. The maximum atomic E-state index is 13.7. The lowest BCUT2D eigenvalue weighted by atomic mass is 10.1. The Kier molecular flexibility index (Phi) is 11.8. The number of nitrogens with one attached hydrogen (secondary N) is 2. The number of aryl methyl sites for hydroxylation is 1. The summed E-state index contributed by atoms with van der Waals surface area (Å²) in [6.07, 6.45) is 4.71. The molecule has 2 heterocycles. The van der Waals surface area contributed by atoms with Crippen molar-refractivity contribution in [3.8, 4) is 0 Å². The van der Waals surface area contributed by atoms with Gasteiger partial charge < -0.3 is 19.4 Å². The molecule has 12 heteroatoms. The van der Waals surface area contributed by atoms with Gasteiger partial charge in [-0.2, -0.15) is 0 Å². The first-order valence-electron chi connectivity index (χ1n) is 15.4. The number of hydrogen-bond acceptors (Lipinski definition) is 9. The zero-order valence-corrected chi connectivity index (χ0v) is 26.6. The van der Waals surface area contributed by atoms with Crippen LogP contribution in [-0.2, 0) is 27.9 Å². The van der Waals surface area contributed by atoms with Crippen molar-refractivity contribution in [2.75, 3.05) is 23.4 Å². The molecule has 3 amide bonds. The third-order valence-electron chi connectivity index (χ3n) is 7.39. The van der Waals surface area contributed by atoms with Crippen molar-refractivity contribution in [2.24, 2.45) is 7.05 Å². The highest BCUT2D eigenvalue weighted by molar-refractivity contribution is 6.10. The lowest BCUT2D eigenvalue weighted by Gasteiger charge is -2.27. The van der Waals surface area contributed by atoms with Crippen molar-refractivity contribution < 1.29 is 28.7 Å². The van der Waals surface area contributed by atoms with Gasteiger partial charge in [0.15, 0.2) is 0 Å². The molecule has 0 fully saturated rings. The molecule has 46 heavy (non-hydrogen) atoms. The number of ether oxygens (including phenoxy) is 2. The quantitative estimate of drug-likeness (QED) is 0.134. The molecule has 0 aliphatic heterocycles. The van der Waals surface area contributed by atoms with Gasteiger partial charge in [0.25, 0.3) is 11.8 Å². The smallest absolute Gasteiger partial charge is 0.414 e. The standard InChI is InChI=1S/C34H40N6O6/c1-5-7-8-11-20-46-34(44)38-31(41)24-13-16-26(17-14-24)36-22-30-37-27-21-25(15-18-28(27)39(30)4)32(42)40(23(3)33(43)45-6-2)29-12-9-10-19-35-29/h9-10,12-19,21,23,36H,5-8,11,20,22H2,1-4H3,(H,38,41,44)/t23-/m0/s1. The van der Waals surface area contributed by atoms with E-state index < -0.39 is 29.9 Å². The molecule has 0 bridgehead atoms. The lowest BCUT2D eigenvalue weighted by Crippen LogP contribution is -2.44. The van der Waals surface area contributed by atoms with E-state index in [0.29, 0.717) is 34.8 Å². The maximum Gasteiger partial charge on any atom is 0.414 e. The molecule has 0 saturated carbocycles. The minimum Gasteiger partial charge on any atom is -0.464 e. The minimum absolute atomic E-state index is 0.194. The van der Waals surface area contributed by atoms with Gasteiger partial charge in [0, 0.05) is 30.1 Å². The molecule has 12 nitrogen and oxygen atoms in total. The van der Waals surface area contributed by atoms with Gasteiger partial charge in [-0.15, -0.1) is 0 Å². The molecule has 4 aromatic rings. The number of carbonyl (C=O) groups excluding carboxylic acids is 4. The summed E-state index contributed by atoms with van der Waals surface area (Å²) in [5, 5.41) is 5.53. The number of nitrogens with zero attached hydrogens (tertiary/aromatic N) is 4. The number of rotatable bonds is 14. The molecular formula is C34H40N6O6. The normalized spacial score (nSPS) is 11.5. The highest BCUT2D eigenvalue weighted by Gasteiger charge is 2.30. The predicted molar refractivity (Wildman–Crippen MR) is 175 cm³/mol. The zero-order chi connectivity index (χ0) is 33.1. The van der Waals surface area contributed by atoms with Gasteiger partial charge in [0.1, 0.15) is 17.7 Å². The SMILES string of the molecule is CCCCCCOC(=O)NC(=O)c1ccc(NCc2nc3cc(C(=O)N(c4ccccn4)[C@@H](C)C(=O)OCC)ccc3n2C)cc1. The van der Waals surface area contributed by atoms with E-state index in [1.54, 1.807) is 74.6 Å². The molecule has 0 aliphatic rings. The van der Waals surface area contributed by atoms with Crippen molar-refractivity contribution in [3.63, 3.8) is 0 Å². The second-order valence-corrected chi connectivity index (χ2v) is 10.7. The number of alkyl carbamates (subject to hydrolysis) is 1. The van der Waals surface area contributed by atoms with Crippen molar-refractivity contribution in [1.82, 2.24) is 19.9 Å². The van der Waals surface area contributed by atoms with Crippen molar-refractivity contribution >= 4 is 46.4 Å². The molecule has 2 N–H and O–H groups in total. The summed E-state index contributed by atoms with van der Waals surface area (Å²) in [6.45, 7) is 6.26. The van der Waals surface area contributed by atoms with Crippen LogP contribution in [0.25, 0.3) is 11.0 Å². The first-order chi connectivity index (χ1) is 22.2. The van der Waals surface area contributed by atoms with Crippen LogP contribution in [0.4, 0.5) is 16.3 Å². The van der Waals surface area contributed by atoms with Crippen LogP contribution in [0, 0.1) is 0 Å². The fourth-order valence-corrected chi connectivity index (χ4v) is 4.84. The van der Waals surface area contributed by atoms with Gasteiger partial charge in [-0.05, 0) is 74.9 Å². The van der Waals surface area contributed by atoms with E-state index in [1.807, 2.05) is 17.7 Å². The first-order valence-corrected chi connectivity index (χ1v) is 15.4. The van der Waals surface area contributed by atoms with E-state index in [1.165, 1.54) is 4.90 Å². The number of pyridine rings is 1. The summed E-state index contributed by atoms with van der Waals surface area (Å²) < 4.78 is 12.2. The largest absolute Gasteiger partial charge is 0.464 e. The van der Waals surface area contributed by atoms with E-state index in [2.05, 4.69) is 22.5 Å². The van der Waals surface area contributed by atoms with Gasteiger partial charge in [-0.25, -0.2) is 19.6 Å². The van der Waals surface area contributed by atoms with Crippen molar-refractivity contribution in [2.45, 2.75) is 59.0 Å². The van der Waals surface area contributed by atoms with Crippen LogP contribution in [0.2, 0.25) is 0 Å². The number of esters is 1. The molecule has 0 saturated heterocycles. The van der Waals surface area contributed by atoms with E-state index in [4.69, 9.17) is 14.5 Å². The second-order valence-electron chi connectivity index (χ2n) is 10.7. The second kappa shape index (κ2) is 16.2. The Balaban J connectivity index is 1.41. The number of unbranched alkanes of at least 4 members (excludes halogenated alkanes) is 3. The highest BCUT2D eigenvalue weighted by Crippen LogP contribution is 2.23. The van der Waals surface area contributed by atoms with Crippen LogP contribution < -0.4 is 15.5 Å². The van der Waals surface area contributed by atoms with E-state index in [9.17, 15) is 19.2 Å². The van der Waals surface area contributed by atoms with Crippen LogP contribution in [0.15, 0.2) is 66.9 Å². The predicted octanol–water partition coefficient (Wildman–Crippen LogP) is 5.63. The molecule has 1 atom stereocenters. The van der Waals surface area contributed by atoms with Crippen LogP contribution in [0.1, 0.15) is 73.0 Å². The first kappa shape index (κ1) is 33.6. The summed E-state index contributed by atoms with van der Waals surface area (Å²) in [4.78, 5) is 61.0. The third-order valence-corrected chi connectivity index (χ3v) is 7.39. The number of imide groups is 1. The van der Waals surface area contributed by atoms with Gasteiger partial charge in [0.05, 0.1) is 30.8 Å². The highest BCUT2D eigenvalue weighted by atomic mass is 16.5. The molecule has 0 radical (unpaired) electrons. The molecule has 0 unspecified atom stereocenters. The number of amides is 3. The van der Waals surface area contributed by atoms with Gasteiger partial charge in [0.2, 0.25) is 0 Å². The van der Waals surface area contributed by atoms with Gasteiger partial charge in [-0.1, -0.05) is 32.3 Å². The topological polar surface area (TPSA) is 145 Å². The number of imidazole rings is 1. The number of aromatic nitrogens is 3.